The summed E-state index contributed by atoms with van der Waals surface area (Å²) in [7, 11) is 1.61. The van der Waals surface area contributed by atoms with E-state index >= 15 is 0 Å². The van der Waals surface area contributed by atoms with Gasteiger partial charge in [-0.3, -0.25) is 4.79 Å². The van der Waals surface area contributed by atoms with Crippen LogP contribution in [0.4, 0.5) is 0 Å². The van der Waals surface area contributed by atoms with E-state index in [0.717, 1.165) is 10.5 Å². The first-order valence-electron chi connectivity index (χ1n) is 9.77. The monoisotopic (exact) mass is 416 g/mol. The third-order valence-corrected chi connectivity index (χ3v) is 6.06. The van der Waals surface area contributed by atoms with Crippen molar-refractivity contribution in [2.24, 2.45) is 5.92 Å². The van der Waals surface area contributed by atoms with E-state index in [1.165, 1.54) is 6.92 Å². The third-order valence-electron chi connectivity index (χ3n) is 4.96. The first kappa shape index (κ1) is 21.8. The van der Waals surface area contributed by atoms with Crippen molar-refractivity contribution < 1.29 is 23.7 Å². The molecule has 0 bridgehead atoms. The molecule has 2 aromatic carbocycles. The first-order chi connectivity index (χ1) is 14.1. The lowest BCUT2D eigenvalue weighted by atomic mass is 9.90. The molecule has 0 unspecified atom stereocenters. The highest BCUT2D eigenvalue weighted by Crippen LogP contribution is 2.34. The normalized spacial score (nSPS) is 26.8. The molecule has 3 rings (SSSR count). The number of ether oxygens (including phenoxy) is 4. The van der Waals surface area contributed by atoms with Crippen LogP contribution >= 0.6 is 11.8 Å². The van der Waals surface area contributed by atoms with Crippen LogP contribution in [-0.2, 0) is 30.3 Å². The largest absolute Gasteiger partial charge is 0.459 e. The molecule has 29 heavy (non-hydrogen) atoms. The standard InChI is InChI=1S/C23H28O5S/c1-16-21(27-17(2)24)20(15-29-19-12-8-5-9-13-19)28-23(25-3)22(16)26-14-18-10-6-4-7-11-18/h4-13,16,20-23H,14-15H2,1-3H3/t16-,20+,21+,22+,23-/m0/s1. The summed E-state index contributed by atoms with van der Waals surface area (Å²) in [6.45, 7) is 3.89. The van der Waals surface area contributed by atoms with E-state index in [4.69, 9.17) is 18.9 Å². The van der Waals surface area contributed by atoms with Gasteiger partial charge in [0.25, 0.3) is 0 Å². The second-order valence-electron chi connectivity index (χ2n) is 7.10. The van der Waals surface area contributed by atoms with Crippen LogP contribution in [0.5, 0.6) is 0 Å². The van der Waals surface area contributed by atoms with Crippen molar-refractivity contribution >= 4 is 17.7 Å². The topological polar surface area (TPSA) is 54.0 Å². The van der Waals surface area contributed by atoms with E-state index in [9.17, 15) is 4.79 Å². The minimum Gasteiger partial charge on any atom is -0.459 e. The van der Waals surface area contributed by atoms with Gasteiger partial charge < -0.3 is 18.9 Å². The molecule has 1 aliphatic heterocycles. The number of thioether (sulfide) groups is 1. The van der Waals surface area contributed by atoms with Gasteiger partial charge in [0.2, 0.25) is 0 Å². The molecule has 5 atom stereocenters. The Morgan fingerprint density at radius 1 is 1.03 bits per heavy atom. The minimum absolute atomic E-state index is 0.0808. The minimum atomic E-state index is -0.526. The van der Waals surface area contributed by atoms with Crippen molar-refractivity contribution in [3.63, 3.8) is 0 Å². The van der Waals surface area contributed by atoms with Gasteiger partial charge >= 0.3 is 5.97 Å². The van der Waals surface area contributed by atoms with E-state index in [-0.39, 0.29) is 24.1 Å². The summed E-state index contributed by atoms with van der Waals surface area (Å²) in [5.74, 6) is 0.248. The van der Waals surface area contributed by atoms with Gasteiger partial charge in [0.05, 0.1) is 6.61 Å². The number of hydrogen-bond acceptors (Lipinski definition) is 6. The first-order valence-corrected chi connectivity index (χ1v) is 10.8. The molecule has 0 aromatic heterocycles. The molecule has 1 heterocycles. The van der Waals surface area contributed by atoms with Crippen molar-refractivity contribution in [3.05, 3.63) is 66.2 Å². The number of methoxy groups -OCH3 is 1. The summed E-state index contributed by atoms with van der Waals surface area (Å²) >= 11 is 1.67. The van der Waals surface area contributed by atoms with E-state index in [1.54, 1.807) is 18.9 Å². The fourth-order valence-corrected chi connectivity index (χ4v) is 4.47. The van der Waals surface area contributed by atoms with E-state index in [1.807, 2.05) is 55.5 Å². The zero-order valence-corrected chi connectivity index (χ0v) is 17.8. The summed E-state index contributed by atoms with van der Waals surface area (Å²) in [5.41, 5.74) is 1.07. The number of carbonyl (C=O) groups excluding carboxylic acids is 1. The Hall–Kier alpha value is -1.86. The van der Waals surface area contributed by atoms with Crippen molar-refractivity contribution in [1.29, 1.82) is 0 Å². The molecule has 1 aliphatic rings. The predicted octanol–water partition coefficient (Wildman–Crippen LogP) is 4.30. The van der Waals surface area contributed by atoms with Crippen LogP contribution in [0.25, 0.3) is 0 Å². The zero-order chi connectivity index (χ0) is 20.6. The lowest BCUT2D eigenvalue weighted by Crippen LogP contribution is -2.56. The Balaban J connectivity index is 1.70. The van der Waals surface area contributed by atoms with E-state index in [0.29, 0.717) is 12.4 Å². The molecule has 0 N–H and O–H groups in total. The number of hydrogen-bond donors (Lipinski definition) is 0. The molecule has 1 fully saturated rings. The van der Waals surface area contributed by atoms with Crippen LogP contribution in [0.1, 0.15) is 19.4 Å². The molecule has 0 amide bonds. The van der Waals surface area contributed by atoms with Gasteiger partial charge in [-0.15, -0.1) is 11.8 Å². The molecule has 1 saturated heterocycles. The molecule has 6 heteroatoms. The number of esters is 1. The molecule has 156 valence electrons. The number of benzene rings is 2. The summed E-state index contributed by atoms with van der Waals surface area (Å²) in [5, 5.41) is 0. The summed E-state index contributed by atoms with van der Waals surface area (Å²) in [6, 6.07) is 20.0. The zero-order valence-electron chi connectivity index (χ0n) is 17.0. The molecule has 0 saturated carbocycles. The summed E-state index contributed by atoms with van der Waals surface area (Å²) in [6.07, 6.45) is -1.57. The molecular weight excluding hydrogens is 388 g/mol. The maximum atomic E-state index is 11.8. The Labute approximate surface area is 176 Å². The molecule has 0 spiro atoms. The van der Waals surface area contributed by atoms with Gasteiger partial charge in [-0.25, -0.2) is 0 Å². The highest BCUT2D eigenvalue weighted by atomic mass is 32.2. The van der Waals surface area contributed by atoms with E-state index < -0.39 is 12.4 Å². The smallest absolute Gasteiger partial charge is 0.303 e. The van der Waals surface area contributed by atoms with Crippen LogP contribution in [-0.4, -0.2) is 43.4 Å². The fourth-order valence-electron chi connectivity index (χ4n) is 3.49. The second kappa shape index (κ2) is 10.8. The quantitative estimate of drug-likeness (QED) is 0.472. The van der Waals surface area contributed by atoms with Crippen LogP contribution in [0, 0.1) is 5.92 Å². The van der Waals surface area contributed by atoms with E-state index in [2.05, 4.69) is 12.1 Å². The van der Waals surface area contributed by atoms with Crippen molar-refractivity contribution in [2.45, 2.75) is 50.0 Å². The highest BCUT2D eigenvalue weighted by molar-refractivity contribution is 7.99. The number of rotatable bonds is 8. The Kier molecular flexibility index (Phi) is 8.12. The van der Waals surface area contributed by atoms with Gasteiger partial charge in [0.15, 0.2) is 6.29 Å². The van der Waals surface area contributed by atoms with Crippen LogP contribution in [0.15, 0.2) is 65.6 Å². The molecular formula is C23H28O5S. The molecule has 5 nitrogen and oxygen atoms in total. The Bertz CT molecular complexity index is 754. The third kappa shape index (κ3) is 6.06. The van der Waals surface area contributed by atoms with Gasteiger partial charge in [-0.2, -0.15) is 0 Å². The SMILES string of the molecule is CO[C@H]1O[C@H](CSc2ccccc2)[C@H](OC(C)=O)[C@H](C)[C@H]1OCc1ccccc1. The number of carbonyl (C=O) groups is 1. The molecule has 0 radical (unpaired) electrons. The summed E-state index contributed by atoms with van der Waals surface area (Å²) in [4.78, 5) is 12.9. The van der Waals surface area contributed by atoms with Crippen LogP contribution in [0.2, 0.25) is 0 Å². The van der Waals surface area contributed by atoms with Gasteiger partial charge in [-0.05, 0) is 17.7 Å². The maximum absolute atomic E-state index is 11.8. The van der Waals surface area contributed by atoms with Crippen LogP contribution in [0.3, 0.4) is 0 Å². The highest BCUT2D eigenvalue weighted by Gasteiger charge is 2.46. The summed E-state index contributed by atoms with van der Waals surface area (Å²) < 4.78 is 23.6. The second-order valence-corrected chi connectivity index (χ2v) is 8.19. The molecule has 2 aromatic rings. The predicted molar refractivity (Wildman–Crippen MR) is 113 cm³/mol. The Morgan fingerprint density at radius 2 is 1.69 bits per heavy atom. The fraction of sp³-hybridized carbons (Fsp3) is 0.435. The van der Waals surface area contributed by atoms with Crippen molar-refractivity contribution in [1.82, 2.24) is 0 Å². The average Bonchev–Trinajstić information content (AvgIpc) is 2.74. The molecule has 0 aliphatic carbocycles. The van der Waals surface area contributed by atoms with Crippen molar-refractivity contribution in [2.75, 3.05) is 12.9 Å². The van der Waals surface area contributed by atoms with Crippen LogP contribution < -0.4 is 0 Å². The van der Waals surface area contributed by atoms with Crippen molar-refractivity contribution in [3.8, 4) is 0 Å². The Morgan fingerprint density at radius 3 is 2.31 bits per heavy atom. The lowest BCUT2D eigenvalue weighted by molar-refractivity contribution is -0.285. The average molecular weight is 417 g/mol. The van der Waals surface area contributed by atoms with Gasteiger partial charge in [0.1, 0.15) is 18.3 Å². The van der Waals surface area contributed by atoms with Gasteiger partial charge in [-0.1, -0.05) is 55.5 Å². The van der Waals surface area contributed by atoms with Gasteiger partial charge in [0, 0.05) is 30.6 Å². The maximum Gasteiger partial charge on any atom is 0.303 e. The lowest BCUT2D eigenvalue weighted by Gasteiger charge is -2.44.